The van der Waals surface area contributed by atoms with Crippen molar-refractivity contribution in [1.29, 1.82) is 5.26 Å². The van der Waals surface area contributed by atoms with Crippen LogP contribution in [0.1, 0.15) is 26.7 Å². The van der Waals surface area contributed by atoms with E-state index in [2.05, 4.69) is 12.6 Å². The van der Waals surface area contributed by atoms with Crippen LogP contribution in [0.15, 0.2) is 12.2 Å². The first-order valence-corrected chi connectivity index (χ1v) is 3.71. The van der Waals surface area contributed by atoms with Gasteiger partial charge in [-0.15, -0.1) is 0 Å². The fourth-order valence-electron chi connectivity index (χ4n) is 1.72. The van der Waals surface area contributed by atoms with E-state index < -0.39 is 11.0 Å². The van der Waals surface area contributed by atoms with E-state index in [0.29, 0.717) is 12.8 Å². The molecule has 1 fully saturated rings. The van der Waals surface area contributed by atoms with Crippen molar-refractivity contribution in [3.63, 3.8) is 0 Å². The van der Waals surface area contributed by atoms with Gasteiger partial charge in [0.15, 0.2) is 0 Å². The Morgan fingerprint density at radius 3 is 2.18 bits per heavy atom. The summed E-state index contributed by atoms with van der Waals surface area (Å²) < 4.78 is 0. The Labute approximate surface area is 67.2 Å². The molecule has 1 aliphatic rings. The lowest BCUT2D eigenvalue weighted by atomic mass is 9.58. The van der Waals surface area contributed by atoms with Crippen LogP contribution in [0.3, 0.4) is 0 Å². The molecule has 0 aromatic carbocycles. The molecule has 60 valence electrons. The van der Waals surface area contributed by atoms with Gasteiger partial charge in [-0.3, -0.25) is 0 Å². The van der Waals surface area contributed by atoms with Crippen LogP contribution in [0.2, 0.25) is 0 Å². The summed E-state index contributed by atoms with van der Waals surface area (Å²) in [4.78, 5) is 0. The molecule has 0 atom stereocenters. The molecule has 1 aliphatic carbocycles. The summed E-state index contributed by atoms with van der Waals surface area (Å²) in [6, 6.07) is 2.21. The van der Waals surface area contributed by atoms with Gasteiger partial charge in [-0.25, -0.2) is 0 Å². The van der Waals surface area contributed by atoms with Crippen molar-refractivity contribution < 1.29 is 5.11 Å². The molecule has 2 nitrogen and oxygen atoms in total. The predicted octanol–water partition coefficient (Wildman–Crippen LogP) is 1.62. The lowest BCUT2D eigenvalue weighted by Crippen LogP contribution is -2.49. The molecule has 0 aromatic heterocycles. The highest BCUT2D eigenvalue weighted by Gasteiger charge is 2.51. The van der Waals surface area contributed by atoms with Crippen molar-refractivity contribution in [3.8, 4) is 6.07 Å². The Morgan fingerprint density at radius 1 is 1.64 bits per heavy atom. The van der Waals surface area contributed by atoms with Gasteiger partial charge in [0.25, 0.3) is 0 Å². The van der Waals surface area contributed by atoms with E-state index in [1.54, 1.807) is 6.92 Å². The van der Waals surface area contributed by atoms with Crippen LogP contribution in [0, 0.1) is 16.7 Å². The van der Waals surface area contributed by atoms with Gasteiger partial charge in [-0.05, 0) is 26.7 Å². The molecule has 0 saturated heterocycles. The number of nitrogens with zero attached hydrogens (tertiary/aromatic N) is 1. The Morgan fingerprint density at radius 2 is 2.09 bits per heavy atom. The molecule has 0 aliphatic heterocycles. The quantitative estimate of drug-likeness (QED) is 0.579. The summed E-state index contributed by atoms with van der Waals surface area (Å²) in [6.45, 7) is 7.35. The van der Waals surface area contributed by atoms with Crippen molar-refractivity contribution in [2.24, 2.45) is 5.41 Å². The molecule has 0 amide bonds. The normalized spacial score (nSPS) is 42.4. The number of hydrogen-bond acceptors (Lipinski definition) is 2. The smallest absolute Gasteiger partial charge is 0.0831 e. The molecule has 0 aromatic rings. The van der Waals surface area contributed by atoms with Crippen LogP contribution in [-0.2, 0) is 0 Å². The van der Waals surface area contributed by atoms with E-state index >= 15 is 0 Å². The SMILES string of the molecule is C=C(C)C1(C#N)CC(C)(O)C1. The van der Waals surface area contributed by atoms with Gasteiger partial charge < -0.3 is 5.11 Å². The first-order chi connectivity index (χ1) is 4.92. The Balaban J connectivity index is 2.75. The lowest BCUT2D eigenvalue weighted by molar-refractivity contribution is -0.0729. The molecule has 1 rings (SSSR count). The average Bonchev–Trinajstić information content (AvgIpc) is 1.81. The minimum absolute atomic E-state index is 0.441. The second kappa shape index (κ2) is 2.09. The van der Waals surface area contributed by atoms with E-state index in [-0.39, 0.29) is 0 Å². The molecule has 0 bridgehead atoms. The number of allylic oxidation sites excluding steroid dienone is 1. The number of hydrogen-bond donors (Lipinski definition) is 1. The largest absolute Gasteiger partial charge is 0.390 e. The molecule has 2 heteroatoms. The van der Waals surface area contributed by atoms with Gasteiger partial charge >= 0.3 is 0 Å². The fourth-order valence-corrected chi connectivity index (χ4v) is 1.72. The van der Waals surface area contributed by atoms with Gasteiger partial charge in [0.05, 0.1) is 17.1 Å². The molecule has 0 spiro atoms. The Hall–Kier alpha value is -0.810. The third kappa shape index (κ3) is 1.17. The summed E-state index contributed by atoms with van der Waals surface area (Å²) >= 11 is 0. The van der Waals surface area contributed by atoms with Crippen LogP contribution in [0.25, 0.3) is 0 Å². The molecular weight excluding hydrogens is 138 g/mol. The number of nitriles is 1. The third-order valence-corrected chi connectivity index (χ3v) is 2.40. The van der Waals surface area contributed by atoms with Crippen molar-refractivity contribution in [2.45, 2.75) is 32.3 Å². The summed E-state index contributed by atoms with van der Waals surface area (Å²) in [6.07, 6.45) is 1.07. The van der Waals surface area contributed by atoms with Gasteiger partial charge in [-0.2, -0.15) is 5.26 Å². The summed E-state index contributed by atoms with van der Waals surface area (Å²) in [5.41, 5.74) is -0.218. The molecule has 0 unspecified atom stereocenters. The van der Waals surface area contributed by atoms with E-state index in [1.165, 1.54) is 0 Å². The Bertz CT molecular complexity index is 226. The van der Waals surface area contributed by atoms with Crippen LogP contribution in [0.4, 0.5) is 0 Å². The monoisotopic (exact) mass is 151 g/mol. The highest BCUT2D eigenvalue weighted by Crippen LogP contribution is 2.51. The average molecular weight is 151 g/mol. The minimum Gasteiger partial charge on any atom is -0.390 e. The second-order valence-electron chi connectivity index (χ2n) is 3.82. The molecule has 1 saturated carbocycles. The van der Waals surface area contributed by atoms with Gasteiger partial charge in [0.2, 0.25) is 0 Å². The van der Waals surface area contributed by atoms with E-state index in [0.717, 1.165) is 5.57 Å². The van der Waals surface area contributed by atoms with Gasteiger partial charge in [-0.1, -0.05) is 12.2 Å². The van der Waals surface area contributed by atoms with Crippen molar-refractivity contribution in [2.75, 3.05) is 0 Å². The maximum absolute atomic E-state index is 9.44. The maximum Gasteiger partial charge on any atom is 0.0831 e. The topological polar surface area (TPSA) is 44.0 Å². The fraction of sp³-hybridized carbons (Fsp3) is 0.667. The predicted molar refractivity (Wildman–Crippen MR) is 42.7 cm³/mol. The molecular formula is C9H13NO. The maximum atomic E-state index is 9.44. The number of rotatable bonds is 1. The number of aliphatic hydroxyl groups is 1. The lowest BCUT2D eigenvalue weighted by Gasteiger charge is -2.47. The standard InChI is InChI=1S/C9H13NO/c1-7(2)9(6-10)4-8(3,11)5-9/h11H,1,4-5H2,2-3H3. The van der Waals surface area contributed by atoms with Gasteiger partial charge in [0, 0.05) is 0 Å². The Kier molecular flexibility index (Phi) is 1.57. The zero-order chi connectivity index (χ0) is 8.70. The molecule has 0 heterocycles. The molecule has 11 heavy (non-hydrogen) atoms. The van der Waals surface area contributed by atoms with Crippen LogP contribution < -0.4 is 0 Å². The highest BCUT2D eigenvalue weighted by atomic mass is 16.3. The van der Waals surface area contributed by atoms with E-state index in [4.69, 9.17) is 5.26 Å². The van der Waals surface area contributed by atoms with Crippen LogP contribution in [0.5, 0.6) is 0 Å². The molecule has 1 N–H and O–H groups in total. The zero-order valence-electron chi connectivity index (χ0n) is 7.02. The van der Waals surface area contributed by atoms with Crippen LogP contribution >= 0.6 is 0 Å². The summed E-state index contributed by atoms with van der Waals surface area (Å²) in [5, 5.41) is 18.3. The van der Waals surface area contributed by atoms with Crippen molar-refractivity contribution >= 4 is 0 Å². The highest BCUT2D eigenvalue weighted by molar-refractivity contribution is 5.27. The molecule has 0 radical (unpaired) electrons. The first-order valence-electron chi connectivity index (χ1n) is 3.71. The first kappa shape index (κ1) is 8.29. The van der Waals surface area contributed by atoms with Crippen LogP contribution in [-0.4, -0.2) is 10.7 Å². The van der Waals surface area contributed by atoms with Crippen molar-refractivity contribution in [3.05, 3.63) is 12.2 Å². The van der Waals surface area contributed by atoms with Gasteiger partial charge in [0.1, 0.15) is 0 Å². The van der Waals surface area contributed by atoms with E-state index in [9.17, 15) is 5.11 Å². The zero-order valence-corrected chi connectivity index (χ0v) is 7.02. The summed E-state index contributed by atoms with van der Waals surface area (Å²) in [5.74, 6) is 0. The van der Waals surface area contributed by atoms with Crippen molar-refractivity contribution in [1.82, 2.24) is 0 Å². The third-order valence-electron chi connectivity index (χ3n) is 2.40. The summed E-state index contributed by atoms with van der Waals surface area (Å²) in [7, 11) is 0. The van der Waals surface area contributed by atoms with E-state index in [1.807, 2.05) is 6.92 Å². The minimum atomic E-state index is -0.644. The second-order valence-corrected chi connectivity index (χ2v) is 3.82.